The molecule has 0 saturated carbocycles. The number of para-hydroxylation sites is 2. The molecule has 0 aliphatic rings. The molecule has 0 fully saturated rings. The Hall–Kier alpha value is -5.31. The topological polar surface area (TPSA) is 180 Å². The molecule has 0 aliphatic heterocycles. The second-order valence-electron chi connectivity index (χ2n) is 7.98. The van der Waals surface area contributed by atoms with Crippen LogP contribution in [-0.4, -0.2) is 56.6 Å². The van der Waals surface area contributed by atoms with Crippen LogP contribution in [0.2, 0.25) is 0 Å². The van der Waals surface area contributed by atoms with Gasteiger partial charge in [0.1, 0.15) is 5.75 Å². The maximum absolute atomic E-state index is 12.5. The standard InChI is InChI=1S/C25H21N7O7S/c1-31-25(28-29-30-31)40-21-12-9-16(13-19(21)32(36)37)24(35)39-14-22(33)26-17-10-7-15(8-11-17)23(34)27-18-5-3-4-6-20(18)38-2/h3-13H,14H2,1-2H3,(H,26,33)(H,27,34). The van der Waals surface area contributed by atoms with E-state index in [2.05, 4.69) is 26.2 Å². The van der Waals surface area contributed by atoms with Crippen molar-refractivity contribution >= 4 is 46.6 Å². The zero-order valence-corrected chi connectivity index (χ0v) is 21.9. The van der Waals surface area contributed by atoms with Gasteiger partial charge >= 0.3 is 5.97 Å². The lowest BCUT2D eigenvalue weighted by Gasteiger charge is -2.10. The first-order valence-electron chi connectivity index (χ1n) is 11.4. The fourth-order valence-corrected chi connectivity index (χ4v) is 4.15. The van der Waals surface area contributed by atoms with Gasteiger partial charge in [-0.2, -0.15) is 0 Å². The highest BCUT2D eigenvalue weighted by Gasteiger charge is 2.21. The monoisotopic (exact) mass is 563 g/mol. The first-order valence-corrected chi connectivity index (χ1v) is 12.3. The normalized spacial score (nSPS) is 10.4. The number of hydrogen-bond acceptors (Lipinski definition) is 11. The molecule has 1 aromatic heterocycles. The van der Waals surface area contributed by atoms with Gasteiger partial charge in [-0.15, -0.1) is 5.10 Å². The van der Waals surface area contributed by atoms with Crippen LogP contribution in [0.15, 0.2) is 76.8 Å². The number of nitro benzene ring substituents is 1. The van der Waals surface area contributed by atoms with Crippen molar-refractivity contribution < 1.29 is 28.8 Å². The summed E-state index contributed by atoms with van der Waals surface area (Å²) < 4.78 is 11.6. The van der Waals surface area contributed by atoms with Crippen LogP contribution in [0.3, 0.4) is 0 Å². The minimum atomic E-state index is -0.918. The van der Waals surface area contributed by atoms with Crippen LogP contribution in [0.1, 0.15) is 20.7 Å². The van der Waals surface area contributed by atoms with Crippen molar-refractivity contribution in [2.45, 2.75) is 10.1 Å². The van der Waals surface area contributed by atoms with E-state index in [9.17, 15) is 24.5 Å². The van der Waals surface area contributed by atoms with Gasteiger partial charge in [-0.1, -0.05) is 12.1 Å². The van der Waals surface area contributed by atoms with Gasteiger partial charge < -0.3 is 20.1 Å². The van der Waals surface area contributed by atoms with Crippen LogP contribution in [0.4, 0.5) is 17.1 Å². The molecule has 3 aromatic carbocycles. The lowest BCUT2D eigenvalue weighted by Crippen LogP contribution is -2.21. The Morgan fingerprint density at radius 2 is 1.75 bits per heavy atom. The van der Waals surface area contributed by atoms with Crippen molar-refractivity contribution in [3.05, 3.63) is 88.0 Å². The summed E-state index contributed by atoms with van der Waals surface area (Å²) in [4.78, 5) is 48.4. The molecule has 0 atom stereocenters. The summed E-state index contributed by atoms with van der Waals surface area (Å²) in [6.45, 7) is -0.635. The van der Waals surface area contributed by atoms with Gasteiger partial charge in [0.15, 0.2) is 6.61 Å². The predicted molar refractivity (Wildman–Crippen MR) is 142 cm³/mol. The molecule has 40 heavy (non-hydrogen) atoms. The maximum atomic E-state index is 12.5. The molecule has 0 unspecified atom stereocenters. The minimum absolute atomic E-state index is 0.106. The minimum Gasteiger partial charge on any atom is -0.495 e. The van der Waals surface area contributed by atoms with Gasteiger partial charge in [0, 0.05) is 24.4 Å². The second kappa shape index (κ2) is 12.5. The average molecular weight is 564 g/mol. The lowest BCUT2D eigenvalue weighted by molar-refractivity contribution is -0.387. The maximum Gasteiger partial charge on any atom is 0.338 e. The van der Waals surface area contributed by atoms with E-state index in [1.54, 1.807) is 31.3 Å². The van der Waals surface area contributed by atoms with Crippen molar-refractivity contribution in [1.29, 1.82) is 0 Å². The van der Waals surface area contributed by atoms with E-state index < -0.39 is 23.4 Å². The number of aryl methyl sites for hydroxylation is 1. The van der Waals surface area contributed by atoms with Crippen molar-refractivity contribution in [2.75, 3.05) is 24.4 Å². The quantitative estimate of drug-likeness (QED) is 0.164. The number of tetrazole rings is 1. The Labute approximate surface area is 230 Å². The number of anilines is 2. The van der Waals surface area contributed by atoms with Gasteiger partial charge in [-0.3, -0.25) is 19.7 Å². The predicted octanol–water partition coefficient (Wildman–Crippen LogP) is 3.33. The van der Waals surface area contributed by atoms with Crippen LogP contribution in [-0.2, 0) is 16.6 Å². The number of esters is 1. The van der Waals surface area contributed by atoms with Gasteiger partial charge in [0.05, 0.1) is 28.2 Å². The zero-order valence-electron chi connectivity index (χ0n) is 21.1. The number of aromatic nitrogens is 4. The number of ether oxygens (including phenoxy) is 2. The molecule has 14 nitrogen and oxygen atoms in total. The van der Waals surface area contributed by atoms with Crippen LogP contribution < -0.4 is 15.4 Å². The van der Waals surface area contributed by atoms with E-state index in [1.165, 1.54) is 48.2 Å². The SMILES string of the molecule is COc1ccccc1NC(=O)c1ccc(NC(=O)COC(=O)c2ccc(Sc3nnnn3C)c([N+](=O)[O-])c2)cc1. The third-order valence-electron chi connectivity index (χ3n) is 5.29. The highest BCUT2D eigenvalue weighted by atomic mass is 32.2. The smallest absolute Gasteiger partial charge is 0.338 e. The third kappa shape index (κ3) is 6.76. The summed E-state index contributed by atoms with van der Waals surface area (Å²) in [7, 11) is 3.08. The number of amides is 2. The van der Waals surface area contributed by atoms with E-state index in [1.807, 2.05) is 0 Å². The van der Waals surface area contributed by atoms with Crippen molar-refractivity contribution in [2.24, 2.45) is 7.05 Å². The van der Waals surface area contributed by atoms with E-state index in [0.717, 1.165) is 17.8 Å². The first-order chi connectivity index (χ1) is 19.2. The number of carbonyl (C=O) groups excluding carboxylic acids is 3. The Morgan fingerprint density at radius 1 is 1.02 bits per heavy atom. The van der Waals surface area contributed by atoms with Crippen molar-refractivity contribution in [1.82, 2.24) is 20.2 Å². The molecule has 2 N–H and O–H groups in total. The molecular formula is C25H21N7O7S. The molecule has 4 rings (SSSR count). The highest BCUT2D eigenvalue weighted by Crippen LogP contribution is 2.34. The number of rotatable bonds is 10. The highest BCUT2D eigenvalue weighted by molar-refractivity contribution is 7.99. The Morgan fingerprint density at radius 3 is 2.42 bits per heavy atom. The number of carbonyl (C=O) groups is 3. The number of methoxy groups -OCH3 is 1. The van der Waals surface area contributed by atoms with E-state index in [4.69, 9.17) is 9.47 Å². The number of nitro groups is 1. The molecule has 0 bridgehead atoms. The molecule has 1 heterocycles. The summed E-state index contributed by atoms with van der Waals surface area (Å²) in [5, 5.41) is 28.1. The number of hydrogen-bond donors (Lipinski definition) is 2. The van der Waals surface area contributed by atoms with Gasteiger partial charge in [0.2, 0.25) is 5.16 Å². The Balaban J connectivity index is 1.32. The summed E-state index contributed by atoms with van der Waals surface area (Å²) in [5.41, 5.74) is 0.766. The van der Waals surface area contributed by atoms with Gasteiger partial charge in [-0.25, -0.2) is 9.48 Å². The van der Waals surface area contributed by atoms with Crippen LogP contribution in [0.5, 0.6) is 5.75 Å². The van der Waals surface area contributed by atoms with E-state index in [0.29, 0.717) is 27.8 Å². The first kappa shape index (κ1) is 27.7. The summed E-state index contributed by atoms with van der Waals surface area (Å²) >= 11 is 0.959. The largest absolute Gasteiger partial charge is 0.495 e. The fraction of sp³-hybridized carbons (Fsp3) is 0.120. The molecule has 204 valence electrons. The van der Waals surface area contributed by atoms with Gasteiger partial charge in [0.25, 0.3) is 17.5 Å². The second-order valence-corrected chi connectivity index (χ2v) is 8.99. The molecule has 0 radical (unpaired) electrons. The Bertz CT molecular complexity index is 1570. The molecule has 4 aromatic rings. The summed E-state index contributed by atoms with van der Waals surface area (Å²) in [5.74, 6) is -1.42. The molecule has 15 heteroatoms. The number of nitrogens with one attached hydrogen (secondary N) is 2. The molecular weight excluding hydrogens is 542 g/mol. The van der Waals surface area contributed by atoms with Crippen molar-refractivity contribution in [3.8, 4) is 5.75 Å². The molecule has 0 saturated heterocycles. The summed E-state index contributed by atoms with van der Waals surface area (Å²) in [6, 6.07) is 16.8. The number of nitrogens with zero attached hydrogens (tertiary/aromatic N) is 5. The number of benzene rings is 3. The van der Waals surface area contributed by atoms with Crippen LogP contribution in [0.25, 0.3) is 0 Å². The third-order valence-corrected chi connectivity index (χ3v) is 6.39. The Kier molecular flexibility index (Phi) is 8.65. The van der Waals surface area contributed by atoms with E-state index in [-0.39, 0.29) is 22.1 Å². The zero-order chi connectivity index (χ0) is 28.6. The molecule has 2 amide bonds. The van der Waals surface area contributed by atoms with Crippen LogP contribution >= 0.6 is 11.8 Å². The van der Waals surface area contributed by atoms with Crippen LogP contribution in [0, 0.1) is 10.1 Å². The summed E-state index contributed by atoms with van der Waals surface area (Å²) in [6.07, 6.45) is 0. The average Bonchev–Trinajstić information content (AvgIpc) is 3.36. The van der Waals surface area contributed by atoms with Crippen molar-refractivity contribution in [3.63, 3.8) is 0 Å². The van der Waals surface area contributed by atoms with E-state index >= 15 is 0 Å². The lowest BCUT2D eigenvalue weighted by atomic mass is 10.2. The molecule has 0 spiro atoms. The van der Waals surface area contributed by atoms with Gasteiger partial charge in [-0.05, 0) is 70.7 Å². The molecule has 0 aliphatic carbocycles. The fourth-order valence-electron chi connectivity index (χ4n) is 3.34.